The van der Waals surface area contributed by atoms with Crippen LogP contribution in [0.2, 0.25) is 0 Å². The largest absolute Gasteiger partial charge is 0.467 e. The van der Waals surface area contributed by atoms with Crippen LogP contribution >= 0.6 is 11.3 Å². The van der Waals surface area contributed by atoms with Crippen LogP contribution in [0.5, 0.6) is 0 Å². The van der Waals surface area contributed by atoms with E-state index in [1.165, 1.54) is 18.9 Å². The second-order valence-electron chi connectivity index (χ2n) is 8.62. The Labute approximate surface area is 213 Å². The summed E-state index contributed by atoms with van der Waals surface area (Å²) in [6.07, 6.45) is 1.24. The van der Waals surface area contributed by atoms with Crippen LogP contribution in [0, 0.1) is 0 Å². The zero-order valence-corrected chi connectivity index (χ0v) is 21.1. The number of nitrogens with one attached hydrogen (secondary N) is 3. The Bertz CT molecular complexity index is 1330. The van der Waals surface area contributed by atoms with Gasteiger partial charge < -0.3 is 20.4 Å². The predicted octanol–water partition coefficient (Wildman–Crippen LogP) is 3.77. The smallest absolute Gasteiger partial charge is 0.328 e. The Morgan fingerprint density at radius 2 is 1.67 bits per heavy atom. The molecule has 4 aromatic rings. The maximum absolute atomic E-state index is 13.3. The lowest BCUT2D eigenvalue weighted by Crippen LogP contribution is -2.53. The number of carbonyl (C=O) groups is 3. The average Bonchev–Trinajstić information content (AvgIpc) is 3.51. The first-order valence-corrected chi connectivity index (χ1v) is 12.6. The van der Waals surface area contributed by atoms with E-state index in [9.17, 15) is 14.4 Å². The lowest BCUT2D eigenvalue weighted by molar-refractivity contribution is -0.145. The van der Waals surface area contributed by atoms with Crippen molar-refractivity contribution in [3.05, 3.63) is 93.8 Å². The van der Waals surface area contributed by atoms with Crippen LogP contribution in [-0.4, -0.2) is 42.0 Å². The van der Waals surface area contributed by atoms with Gasteiger partial charge in [-0.05, 0) is 28.6 Å². The zero-order chi connectivity index (χ0) is 25.5. The van der Waals surface area contributed by atoms with Crippen LogP contribution in [-0.2, 0) is 38.4 Å². The summed E-state index contributed by atoms with van der Waals surface area (Å²) in [5, 5.41) is 8.58. The Morgan fingerprint density at radius 1 is 0.917 bits per heavy atom. The van der Waals surface area contributed by atoms with Gasteiger partial charge in [0.2, 0.25) is 11.8 Å². The summed E-state index contributed by atoms with van der Waals surface area (Å²) in [6, 6.07) is 19.7. The fourth-order valence-corrected chi connectivity index (χ4v) is 5.06. The standard InChI is InChI=1S/C28H29N3O4S/c1-18(32)29-25(15-19-9-4-3-5-10-19)27(33)31-26(28(34)35-2)17-22-21-12-6-7-13-23(21)30-24(22)16-20-11-8-14-36-20/h3-14,25-26,30H,15-17H2,1-2H3,(H,29,32)(H,31,33)/t25-,26-/m0/s1. The van der Waals surface area contributed by atoms with Crippen LogP contribution in [0.25, 0.3) is 10.9 Å². The van der Waals surface area contributed by atoms with E-state index < -0.39 is 24.0 Å². The molecule has 4 rings (SSSR count). The van der Waals surface area contributed by atoms with Gasteiger partial charge in [0.1, 0.15) is 12.1 Å². The summed E-state index contributed by atoms with van der Waals surface area (Å²) in [7, 11) is 1.30. The van der Waals surface area contributed by atoms with Crippen molar-refractivity contribution < 1.29 is 19.1 Å². The Kier molecular flexibility index (Phi) is 8.17. The molecule has 186 valence electrons. The number of fused-ring (bicyclic) bond motifs is 1. The number of aromatic amines is 1. The fraction of sp³-hybridized carbons (Fsp3) is 0.250. The molecule has 0 aliphatic rings. The highest BCUT2D eigenvalue weighted by Crippen LogP contribution is 2.27. The minimum atomic E-state index is -0.921. The highest BCUT2D eigenvalue weighted by atomic mass is 32.1. The Morgan fingerprint density at radius 3 is 2.36 bits per heavy atom. The third-order valence-corrected chi connectivity index (χ3v) is 6.90. The number of hydrogen-bond acceptors (Lipinski definition) is 5. The van der Waals surface area contributed by atoms with Crippen molar-refractivity contribution in [2.75, 3.05) is 7.11 Å². The van der Waals surface area contributed by atoms with Gasteiger partial charge in [-0.2, -0.15) is 0 Å². The first-order chi connectivity index (χ1) is 17.4. The van der Waals surface area contributed by atoms with Crippen molar-refractivity contribution in [2.45, 2.75) is 38.3 Å². The quantitative estimate of drug-likeness (QED) is 0.287. The van der Waals surface area contributed by atoms with Crippen LogP contribution in [0.4, 0.5) is 0 Å². The molecule has 2 heterocycles. The first-order valence-electron chi connectivity index (χ1n) is 11.7. The maximum atomic E-state index is 13.3. The van der Waals surface area contributed by atoms with E-state index in [1.54, 1.807) is 11.3 Å². The third-order valence-electron chi connectivity index (χ3n) is 6.02. The van der Waals surface area contributed by atoms with Crippen LogP contribution in [0.15, 0.2) is 72.1 Å². The van der Waals surface area contributed by atoms with E-state index in [1.807, 2.05) is 66.0 Å². The van der Waals surface area contributed by atoms with Gasteiger partial charge in [0.15, 0.2) is 0 Å². The van der Waals surface area contributed by atoms with Crippen LogP contribution in [0.1, 0.15) is 28.6 Å². The zero-order valence-electron chi connectivity index (χ0n) is 20.2. The number of carbonyl (C=O) groups excluding carboxylic acids is 3. The summed E-state index contributed by atoms with van der Waals surface area (Å²) < 4.78 is 5.05. The topological polar surface area (TPSA) is 100 Å². The number of ether oxygens (including phenoxy) is 1. The Hall–Kier alpha value is -3.91. The molecule has 0 fully saturated rings. The highest BCUT2D eigenvalue weighted by Gasteiger charge is 2.29. The van der Waals surface area contributed by atoms with Crippen molar-refractivity contribution >= 4 is 40.0 Å². The summed E-state index contributed by atoms with van der Waals surface area (Å²) >= 11 is 1.67. The van der Waals surface area contributed by atoms with Gasteiger partial charge in [0.05, 0.1) is 7.11 Å². The third kappa shape index (κ3) is 6.20. The van der Waals surface area contributed by atoms with Gasteiger partial charge in [0, 0.05) is 47.7 Å². The predicted molar refractivity (Wildman–Crippen MR) is 141 cm³/mol. The SMILES string of the molecule is COC(=O)[C@H](Cc1c(Cc2cccs2)[nH]c2ccccc12)NC(=O)[C@H](Cc1ccccc1)NC(C)=O. The molecule has 2 aromatic carbocycles. The average molecular weight is 504 g/mol. The summed E-state index contributed by atoms with van der Waals surface area (Å²) in [4.78, 5) is 42.6. The molecule has 3 N–H and O–H groups in total. The van der Waals surface area contributed by atoms with Crippen molar-refractivity contribution in [3.63, 3.8) is 0 Å². The van der Waals surface area contributed by atoms with Gasteiger partial charge >= 0.3 is 5.97 Å². The molecular weight excluding hydrogens is 474 g/mol. The summed E-state index contributed by atoms with van der Waals surface area (Å²) in [5.41, 5.74) is 3.81. The molecular formula is C28H29N3O4S. The number of aromatic nitrogens is 1. The van der Waals surface area contributed by atoms with Crippen LogP contribution < -0.4 is 10.6 Å². The molecule has 7 nitrogen and oxygen atoms in total. The monoisotopic (exact) mass is 503 g/mol. The van der Waals surface area contributed by atoms with Gasteiger partial charge in [0.25, 0.3) is 0 Å². The molecule has 0 spiro atoms. The number of thiophene rings is 1. The van der Waals surface area contributed by atoms with Crippen LogP contribution in [0.3, 0.4) is 0 Å². The van der Waals surface area contributed by atoms with Gasteiger partial charge in [-0.15, -0.1) is 11.3 Å². The number of benzene rings is 2. The number of esters is 1. The van der Waals surface area contributed by atoms with Crippen molar-refractivity contribution in [1.29, 1.82) is 0 Å². The number of hydrogen-bond donors (Lipinski definition) is 3. The van der Waals surface area contributed by atoms with E-state index in [-0.39, 0.29) is 12.3 Å². The van der Waals surface area contributed by atoms with E-state index in [0.29, 0.717) is 12.8 Å². The second-order valence-corrected chi connectivity index (χ2v) is 9.65. The molecule has 8 heteroatoms. The van der Waals surface area contributed by atoms with Crippen molar-refractivity contribution in [2.24, 2.45) is 0 Å². The molecule has 0 saturated heterocycles. The second kappa shape index (κ2) is 11.7. The molecule has 2 atom stereocenters. The van der Waals surface area contributed by atoms with Crippen molar-refractivity contribution in [3.8, 4) is 0 Å². The number of rotatable bonds is 10. The van der Waals surface area contributed by atoms with E-state index in [4.69, 9.17) is 4.74 Å². The molecule has 0 radical (unpaired) electrons. The molecule has 0 aliphatic carbocycles. The van der Waals surface area contributed by atoms with Gasteiger partial charge in [-0.1, -0.05) is 54.6 Å². The maximum Gasteiger partial charge on any atom is 0.328 e. The minimum absolute atomic E-state index is 0.251. The number of amides is 2. The molecule has 36 heavy (non-hydrogen) atoms. The molecule has 0 bridgehead atoms. The van der Waals surface area contributed by atoms with E-state index in [0.717, 1.165) is 27.7 Å². The number of methoxy groups -OCH3 is 1. The normalized spacial score (nSPS) is 12.6. The lowest BCUT2D eigenvalue weighted by atomic mass is 9.99. The highest BCUT2D eigenvalue weighted by molar-refractivity contribution is 7.09. The molecule has 0 aliphatic heterocycles. The van der Waals surface area contributed by atoms with E-state index >= 15 is 0 Å². The van der Waals surface area contributed by atoms with Crippen molar-refractivity contribution in [1.82, 2.24) is 15.6 Å². The summed E-state index contributed by atoms with van der Waals surface area (Å²) in [6.45, 7) is 1.37. The number of para-hydroxylation sites is 1. The van der Waals surface area contributed by atoms with Gasteiger partial charge in [-0.3, -0.25) is 9.59 Å². The van der Waals surface area contributed by atoms with E-state index in [2.05, 4.69) is 21.7 Å². The summed E-state index contributed by atoms with van der Waals surface area (Å²) in [5.74, 6) is -1.31. The fourth-order valence-electron chi connectivity index (χ4n) is 4.34. The molecule has 2 amide bonds. The molecule has 2 aromatic heterocycles. The lowest BCUT2D eigenvalue weighted by Gasteiger charge is -2.22. The number of H-pyrrole nitrogens is 1. The first kappa shape index (κ1) is 25.2. The van der Waals surface area contributed by atoms with Gasteiger partial charge in [-0.25, -0.2) is 4.79 Å². The Balaban J connectivity index is 1.61. The molecule has 0 saturated carbocycles. The minimum Gasteiger partial charge on any atom is -0.467 e. The molecule has 0 unspecified atom stereocenters.